The predicted octanol–water partition coefficient (Wildman–Crippen LogP) is 4.12. The number of ether oxygens (including phenoxy) is 1. The van der Waals surface area contributed by atoms with Crippen LogP contribution in [0.5, 0.6) is 0 Å². The van der Waals surface area contributed by atoms with Gasteiger partial charge in [0.25, 0.3) is 0 Å². The van der Waals surface area contributed by atoms with Gasteiger partial charge >= 0.3 is 5.97 Å². The third kappa shape index (κ3) is 4.15. The Morgan fingerprint density at radius 3 is 2.56 bits per heavy atom. The van der Waals surface area contributed by atoms with Crippen molar-refractivity contribution in [1.82, 2.24) is 5.32 Å². The van der Waals surface area contributed by atoms with Crippen molar-refractivity contribution in [2.75, 3.05) is 20.2 Å². The molecule has 4 rings (SSSR count). The van der Waals surface area contributed by atoms with Crippen molar-refractivity contribution in [3.63, 3.8) is 0 Å². The number of nitrogens with one attached hydrogen (secondary N) is 1. The van der Waals surface area contributed by atoms with E-state index in [0.29, 0.717) is 65.3 Å². The molecule has 0 aromatic carbocycles. The molecule has 32 heavy (non-hydrogen) atoms. The van der Waals surface area contributed by atoms with Gasteiger partial charge in [-0.25, -0.2) is 0 Å². The molecule has 0 aliphatic heterocycles. The van der Waals surface area contributed by atoms with Crippen LogP contribution in [0.3, 0.4) is 0 Å². The van der Waals surface area contributed by atoms with Crippen LogP contribution >= 0.6 is 0 Å². The zero-order valence-corrected chi connectivity index (χ0v) is 20.9. The van der Waals surface area contributed by atoms with Gasteiger partial charge in [0.15, 0.2) is 0 Å². The van der Waals surface area contributed by atoms with Gasteiger partial charge in [-0.15, -0.1) is 0 Å². The Balaban J connectivity index is 1.48. The third-order valence-electron chi connectivity index (χ3n) is 11.1. The number of rotatable bonds is 7. The highest BCUT2D eigenvalue weighted by Crippen LogP contribution is 2.68. The number of esters is 1. The van der Waals surface area contributed by atoms with Gasteiger partial charge in [0.05, 0.1) is 13.2 Å². The molecule has 3 unspecified atom stereocenters. The summed E-state index contributed by atoms with van der Waals surface area (Å²) in [5, 5.41) is 15.2. The van der Waals surface area contributed by atoms with Crippen LogP contribution in [-0.2, 0) is 9.53 Å². The molecule has 4 saturated carbocycles. The van der Waals surface area contributed by atoms with E-state index >= 15 is 0 Å². The Kier molecular flexibility index (Phi) is 7.30. The molecule has 0 saturated heterocycles. The van der Waals surface area contributed by atoms with Gasteiger partial charge in [-0.3, -0.25) is 4.79 Å². The second-order valence-electron chi connectivity index (χ2n) is 12.3. The van der Waals surface area contributed by atoms with E-state index in [1.54, 1.807) is 0 Å². The average molecular weight is 449 g/mol. The monoisotopic (exact) mass is 448 g/mol. The van der Waals surface area contributed by atoms with E-state index in [2.05, 4.69) is 26.1 Å². The van der Waals surface area contributed by atoms with Crippen LogP contribution in [0.1, 0.15) is 85.0 Å². The van der Waals surface area contributed by atoms with E-state index in [4.69, 9.17) is 10.5 Å². The highest BCUT2D eigenvalue weighted by molar-refractivity contribution is 5.69. The molecule has 4 aliphatic rings. The standard InChI is InChI=1S/C27H48N2O3/c1-17(5-8-24(31)32-4)20-6-7-21-25-22(10-12-27(20,21)3)26(2)11-9-19(29-14-13-28)15-18(26)16-23(25)30/h17-23,25,29-30H,5-16,28H2,1-4H3/t17-,18-,19-,20-,21?,22?,23-,25?,26+,27-/m1/s1. The Bertz CT molecular complexity index is 671. The highest BCUT2D eigenvalue weighted by Gasteiger charge is 2.62. The Labute approximate surface area is 195 Å². The molecule has 4 aliphatic carbocycles. The molecule has 5 heteroatoms. The lowest BCUT2D eigenvalue weighted by Gasteiger charge is -2.62. The first-order chi connectivity index (χ1) is 15.2. The fourth-order valence-electron chi connectivity index (χ4n) is 9.32. The first-order valence-electron chi connectivity index (χ1n) is 13.4. The topological polar surface area (TPSA) is 84.6 Å². The van der Waals surface area contributed by atoms with Crippen LogP contribution in [0.4, 0.5) is 0 Å². The van der Waals surface area contributed by atoms with Gasteiger partial charge in [-0.1, -0.05) is 20.8 Å². The zero-order valence-electron chi connectivity index (χ0n) is 20.9. The molecule has 0 bridgehead atoms. The Hall–Kier alpha value is -0.650. The summed E-state index contributed by atoms with van der Waals surface area (Å²) >= 11 is 0. The molecule has 0 radical (unpaired) electrons. The maximum absolute atomic E-state index is 11.7. The number of hydrogen-bond donors (Lipinski definition) is 3. The zero-order chi connectivity index (χ0) is 23.1. The lowest BCUT2D eigenvalue weighted by atomic mass is 9.43. The van der Waals surface area contributed by atoms with E-state index < -0.39 is 0 Å². The summed E-state index contributed by atoms with van der Waals surface area (Å²) in [7, 11) is 1.49. The summed E-state index contributed by atoms with van der Waals surface area (Å²) in [5.41, 5.74) is 6.40. The van der Waals surface area contributed by atoms with Crippen LogP contribution in [0.25, 0.3) is 0 Å². The van der Waals surface area contributed by atoms with Gasteiger partial charge in [-0.2, -0.15) is 0 Å². The van der Waals surface area contributed by atoms with Crippen molar-refractivity contribution in [2.24, 2.45) is 52.1 Å². The van der Waals surface area contributed by atoms with Gasteiger partial charge in [-0.05, 0) is 104 Å². The summed E-state index contributed by atoms with van der Waals surface area (Å²) in [5.74, 6) is 3.49. The first-order valence-corrected chi connectivity index (χ1v) is 13.4. The fourth-order valence-corrected chi connectivity index (χ4v) is 9.32. The van der Waals surface area contributed by atoms with Crippen molar-refractivity contribution in [1.29, 1.82) is 0 Å². The van der Waals surface area contributed by atoms with E-state index in [-0.39, 0.29) is 12.1 Å². The molecule has 4 N–H and O–H groups in total. The third-order valence-corrected chi connectivity index (χ3v) is 11.1. The largest absolute Gasteiger partial charge is 0.469 e. The van der Waals surface area contributed by atoms with E-state index in [1.165, 1.54) is 52.1 Å². The maximum atomic E-state index is 11.7. The minimum absolute atomic E-state index is 0.0847. The van der Waals surface area contributed by atoms with Crippen molar-refractivity contribution in [3.8, 4) is 0 Å². The number of methoxy groups -OCH3 is 1. The smallest absolute Gasteiger partial charge is 0.305 e. The Morgan fingerprint density at radius 1 is 1.12 bits per heavy atom. The summed E-state index contributed by atoms with van der Waals surface area (Å²) < 4.78 is 4.89. The highest BCUT2D eigenvalue weighted by atomic mass is 16.5. The lowest BCUT2D eigenvalue weighted by molar-refractivity contribution is -0.167. The molecule has 0 aromatic rings. The molecular formula is C27H48N2O3. The molecule has 10 atom stereocenters. The maximum Gasteiger partial charge on any atom is 0.305 e. The molecule has 5 nitrogen and oxygen atoms in total. The SMILES string of the molecule is COC(=O)CC[C@@H](C)[C@H]1CCC2C3C(CC[C@@]21C)[C@@]1(C)CC[C@@H](NCCN)C[C@@H]1C[C@H]3O. The van der Waals surface area contributed by atoms with Crippen LogP contribution in [0.15, 0.2) is 0 Å². The number of aliphatic hydroxyl groups excluding tert-OH is 1. The van der Waals surface area contributed by atoms with Gasteiger partial charge in [0, 0.05) is 25.6 Å². The number of carbonyl (C=O) groups is 1. The first kappa shape index (κ1) is 24.5. The van der Waals surface area contributed by atoms with Gasteiger partial charge < -0.3 is 20.9 Å². The summed E-state index contributed by atoms with van der Waals surface area (Å²) in [6.45, 7) is 9.03. The fraction of sp³-hybridized carbons (Fsp3) is 0.963. The van der Waals surface area contributed by atoms with E-state index in [1.807, 2.05) is 0 Å². The molecule has 0 heterocycles. The summed E-state index contributed by atoms with van der Waals surface area (Å²) in [4.78, 5) is 11.7. The summed E-state index contributed by atoms with van der Waals surface area (Å²) in [6, 6.07) is 0.570. The second-order valence-corrected chi connectivity index (χ2v) is 12.3. The number of fused-ring (bicyclic) bond motifs is 5. The minimum atomic E-state index is -0.153. The van der Waals surface area contributed by atoms with Crippen molar-refractivity contribution >= 4 is 5.97 Å². The number of hydrogen-bond acceptors (Lipinski definition) is 5. The van der Waals surface area contributed by atoms with Crippen molar-refractivity contribution in [2.45, 2.75) is 97.1 Å². The molecule has 0 aromatic heterocycles. The van der Waals surface area contributed by atoms with Crippen LogP contribution in [0.2, 0.25) is 0 Å². The second kappa shape index (κ2) is 9.54. The quantitative estimate of drug-likeness (QED) is 0.510. The van der Waals surface area contributed by atoms with Crippen molar-refractivity contribution < 1.29 is 14.6 Å². The van der Waals surface area contributed by atoms with Gasteiger partial charge in [0.1, 0.15) is 0 Å². The normalized spacial score (nSPS) is 46.6. The number of carbonyl (C=O) groups excluding carboxylic acids is 1. The summed E-state index contributed by atoms with van der Waals surface area (Å²) in [6.07, 6.45) is 11.1. The molecule has 184 valence electrons. The molecule has 0 spiro atoms. The van der Waals surface area contributed by atoms with Crippen LogP contribution < -0.4 is 11.1 Å². The number of nitrogens with two attached hydrogens (primary N) is 1. The molecule has 4 fully saturated rings. The number of aliphatic hydroxyl groups is 1. The van der Waals surface area contributed by atoms with Crippen LogP contribution in [-0.4, -0.2) is 43.4 Å². The minimum Gasteiger partial charge on any atom is -0.469 e. The van der Waals surface area contributed by atoms with E-state index in [0.717, 1.165) is 19.4 Å². The van der Waals surface area contributed by atoms with Crippen molar-refractivity contribution in [3.05, 3.63) is 0 Å². The lowest BCUT2D eigenvalue weighted by Crippen LogP contribution is -2.59. The Morgan fingerprint density at radius 2 is 1.84 bits per heavy atom. The predicted molar refractivity (Wildman–Crippen MR) is 128 cm³/mol. The van der Waals surface area contributed by atoms with Gasteiger partial charge in [0.2, 0.25) is 0 Å². The average Bonchev–Trinajstić information content (AvgIpc) is 3.13. The molecule has 0 amide bonds. The van der Waals surface area contributed by atoms with Crippen LogP contribution in [0, 0.1) is 46.3 Å². The molecular weight excluding hydrogens is 400 g/mol. The van der Waals surface area contributed by atoms with E-state index in [9.17, 15) is 9.90 Å².